The van der Waals surface area contributed by atoms with E-state index in [4.69, 9.17) is 30.3 Å². The minimum Gasteiger partial charge on any atom is -0.540 e. The molecule has 0 atom stereocenters. The summed E-state index contributed by atoms with van der Waals surface area (Å²) in [6.45, 7) is 18.8. The van der Waals surface area contributed by atoms with Gasteiger partial charge in [-0.2, -0.15) is 0 Å². The van der Waals surface area contributed by atoms with Crippen LogP contribution in [0.3, 0.4) is 0 Å². The molecular weight excluding hydrogens is 3140 g/mol. The Labute approximate surface area is 957 Å². The first kappa shape index (κ1) is 136. The summed E-state index contributed by atoms with van der Waals surface area (Å²) in [4.78, 5) is 98.0. The second-order valence-corrected chi connectivity index (χ2v) is 31.0. The summed E-state index contributed by atoms with van der Waals surface area (Å²) in [6, 6.07) is 92.8. The van der Waals surface area contributed by atoms with E-state index in [1.165, 1.54) is 95.4 Å². The Balaban J connectivity index is 0.00000161. The van der Waals surface area contributed by atoms with Gasteiger partial charge in [0.15, 0.2) is 17.3 Å². The summed E-state index contributed by atoms with van der Waals surface area (Å²) in [6.07, 6.45) is 14.1. The molecule has 797 valence electrons. The molecule has 0 saturated heterocycles. The molecular formula is C110H113F4Ir7N16O11-7. The van der Waals surface area contributed by atoms with Gasteiger partial charge in [0.25, 0.3) is 0 Å². The number of ether oxygens (including phenoxy) is 1. The van der Waals surface area contributed by atoms with Crippen molar-refractivity contribution in [3.05, 3.63) is 426 Å². The minimum atomic E-state index is -0.990. The Kier molecular flexibility index (Phi) is 69.1. The molecule has 13 aromatic rings. The normalized spacial score (nSPS) is 12.4. The number of aliphatic hydroxyl groups is 3. The number of amidine groups is 5. The molecule has 5 N–H and O–H groups in total. The molecule has 148 heavy (non-hydrogen) atoms. The molecule has 9 heterocycles. The number of halogens is 4. The first-order valence-electron chi connectivity index (χ1n) is 44.3. The molecule has 0 aliphatic carbocycles. The zero-order valence-electron chi connectivity index (χ0n) is 82.9. The number of ketones is 3. The van der Waals surface area contributed by atoms with Crippen LogP contribution in [0.2, 0.25) is 0 Å². The number of allylic oxidation sites excluding steroid dienone is 6. The maximum absolute atomic E-state index is 13.3. The number of carbonyl (C=O) groups excluding carboxylic acids is 3. The monoisotopic (exact) mass is 3260 g/mol. The van der Waals surface area contributed by atoms with Crippen LogP contribution in [0.25, 0.3) is 22.5 Å². The molecule has 9 aromatic carbocycles. The molecule has 0 amide bonds. The van der Waals surface area contributed by atoms with Crippen molar-refractivity contribution in [2.24, 2.45) is 32.0 Å². The van der Waals surface area contributed by atoms with E-state index >= 15 is 0 Å². The number of carboxylic acids is 2. The topological polar surface area (TPSA) is 335 Å². The number of benzene rings is 9. The number of aryl methyl sites for hydroxylation is 1. The smallest absolute Gasteiger partial charge is 0.354 e. The SMILES string of the molecule is CC(=O)C=C(C)O.CC(=O)C=C(C)O.CC(=O)C=C(C)O.CN1CCN=C1c1[c-]cc(F)cc1F.CN1CCN=C1c1[c-]cc(F)cc1F.CN1CCN=C1c1[c-]cccc1.COc1c[c-]c(C2=NCCN2C)cc1.Cn1cnc(-c2[c-]cccc2)c1.O=C(O)c1ccccn1.O=C(O)c1ccccn1.[Ir].[Ir].[Ir].[Ir].[Ir].[Ir].[Ir].[c-]1ccccc1-c1cn(Cc2ccccc2)cn1.[c-]1ccccc1C1=NCCN1Cc1ccccc1. The Morgan fingerprint density at radius 2 is 0.696 bits per heavy atom. The van der Waals surface area contributed by atoms with Crippen LogP contribution in [0, 0.1) is 65.7 Å². The number of pyridine rings is 2. The summed E-state index contributed by atoms with van der Waals surface area (Å²) in [5.41, 5.74) is 10.5. The van der Waals surface area contributed by atoms with Gasteiger partial charge in [0, 0.05) is 327 Å². The number of hydrogen-bond acceptors (Lipinski definition) is 23. The van der Waals surface area contributed by atoms with Crippen LogP contribution < -0.4 is 4.74 Å². The number of carboxylic acid groups (broad SMARTS) is 2. The summed E-state index contributed by atoms with van der Waals surface area (Å²) in [7, 11) is 11.4. The number of rotatable bonds is 17. The van der Waals surface area contributed by atoms with Crippen molar-refractivity contribution < 1.29 is 213 Å². The molecule has 27 nitrogen and oxygen atoms in total. The van der Waals surface area contributed by atoms with Crippen LogP contribution in [0.4, 0.5) is 17.6 Å². The maximum Gasteiger partial charge on any atom is 0.354 e. The van der Waals surface area contributed by atoms with E-state index in [0.717, 1.165) is 152 Å². The molecule has 0 spiro atoms. The van der Waals surface area contributed by atoms with Crippen molar-refractivity contribution >= 4 is 58.5 Å². The fraction of sp³-hybridized carbons (Fsp3) is 0.218. The standard InChI is InChI=1S/C16H13N2.C16H15N2.C11H13N2O.2C10H9F2N2.C10H9N2.C10H11N2.2C6H5NO2.3C5H8O2.7Ir/c1-3-7-14(8-4-1)11-18-12-16(17-13-18)15-9-5-2-6-10-15;1-3-7-14(8-4-1)13-18-12-11-17-16(18)15-9-5-2-6-10-15;1-13-8-7-12-11(13)9-3-5-10(14-2)6-4-9;2*1-14-5-4-13-10(14)8-3-2-7(11)6-9(8)12;1-12-7-10(11-8-12)9-5-3-2-4-6-9;1-12-8-7-11-10(12)9-5-3-2-4-6-9;2*8-6(9)5-3-1-2-4-7-5;3*1-4(6)3-5(2)7;;;;;;;/h1-9,12-13H,11H2;1-9H,11-13H2;3,5-6H,7-8H2,1-2H3;2*2,6H,4-5H2,1H3;2-5,7-8H,1H3;2-5H,7-8H2,1H3;2*1-4H,(H,8,9);3*3,6H,1-2H3;;;;;;;/q7*-1;;;;;;;;;;;;. The van der Waals surface area contributed by atoms with Crippen LogP contribution in [0.5, 0.6) is 5.75 Å². The van der Waals surface area contributed by atoms with E-state index in [-0.39, 0.29) is 198 Å². The van der Waals surface area contributed by atoms with Crippen molar-refractivity contribution in [3.63, 3.8) is 0 Å². The first-order valence-corrected chi connectivity index (χ1v) is 44.3. The van der Waals surface area contributed by atoms with Gasteiger partial charge >= 0.3 is 11.9 Å². The first-order chi connectivity index (χ1) is 67.7. The predicted octanol–water partition coefficient (Wildman–Crippen LogP) is 18.0. The average molecular weight is 3260 g/mol. The van der Waals surface area contributed by atoms with Crippen molar-refractivity contribution in [1.82, 2.24) is 53.6 Å². The van der Waals surface area contributed by atoms with E-state index in [9.17, 15) is 41.5 Å². The van der Waals surface area contributed by atoms with Gasteiger partial charge in [0.05, 0.1) is 37.0 Å². The zero-order valence-corrected chi connectivity index (χ0v) is 99.7. The molecule has 4 aromatic heterocycles. The van der Waals surface area contributed by atoms with Gasteiger partial charge in [-0.15, -0.1) is 198 Å². The van der Waals surface area contributed by atoms with E-state index in [1.54, 1.807) is 37.7 Å². The second-order valence-electron chi connectivity index (χ2n) is 31.0. The Morgan fingerprint density at radius 3 is 0.993 bits per heavy atom. The van der Waals surface area contributed by atoms with Crippen molar-refractivity contribution in [1.29, 1.82) is 0 Å². The number of aromatic nitrogens is 6. The molecule has 0 bridgehead atoms. The summed E-state index contributed by atoms with van der Waals surface area (Å²) >= 11 is 0. The molecule has 7 radical (unpaired) electrons. The van der Waals surface area contributed by atoms with E-state index in [0.29, 0.717) is 24.8 Å². The fourth-order valence-electron chi connectivity index (χ4n) is 12.8. The maximum atomic E-state index is 13.3. The van der Waals surface area contributed by atoms with Gasteiger partial charge in [-0.25, -0.2) is 19.6 Å². The Bertz CT molecular complexity index is 6140. The summed E-state index contributed by atoms with van der Waals surface area (Å²) in [5.74, 6) is 0.441. The van der Waals surface area contributed by atoms with Gasteiger partial charge < -0.3 is 88.9 Å². The van der Waals surface area contributed by atoms with Crippen LogP contribution in [-0.4, -0.2) is 238 Å². The number of methoxy groups -OCH3 is 1. The third-order valence-corrected chi connectivity index (χ3v) is 19.2. The largest absolute Gasteiger partial charge is 0.540 e. The van der Waals surface area contributed by atoms with Gasteiger partial charge in [0.2, 0.25) is 0 Å². The Hall–Kier alpha value is -12.3. The molecule has 0 unspecified atom stereocenters. The molecule has 0 fully saturated rings. The number of aliphatic hydroxyl groups excluding tert-OH is 3. The number of imidazole rings is 2. The summed E-state index contributed by atoms with van der Waals surface area (Å²) in [5, 5.41) is 41.7. The van der Waals surface area contributed by atoms with Gasteiger partial charge in [-0.05, 0) is 118 Å². The van der Waals surface area contributed by atoms with Crippen LogP contribution in [0.15, 0.2) is 334 Å². The van der Waals surface area contributed by atoms with Crippen LogP contribution in [0.1, 0.15) is 101 Å². The van der Waals surface area contributed by atoms with Gasteiger partial charge in [-0.3, -0.25) is 41.9 Å². The number of aromatic carboxylic acids is 2. The number of carbonyl (C=O) groups is 5. The third kappa shape index (κ3) is 51.5. The van der Waals surface area contributed by atoms with Crippen LogP contribution >= 0.6 is 0 Å². The molecule has 38 heteroatoms. The van der Waals surface area contributed by atoms with E-state index < -0.39 is 35.2 Å². The van der Waals surface area contributed by atoms with Crippen molar-refractivity contribution in [2.75, 3.05) is 101 Å². The van der Waals surface area contributed by atoms with Crippen LogP contribution in [-0.2, 0) is 175 Å². The quantitative estimate of drug-likeness (QED) is 0.0245. The van der Waals surface area contributed by atoms with E-state index in [1.807, 2.05) is 176 Å². The molecule has 0 saturated carbocycles. The second kappa shape index (κ2) is 75.4. The number of aliphatic imine (C=N–C) groups is 5. The van der Waals surface area contributed by atoms with Crippen molar-refractivity contribution in [2.45, 2.75) is 54.6 Å². The van der Waals surface area contributed by atoms with Crippen molar-refractivity contribution in [3.8, 4) is 28.3 Å². The van der Waals surface area contributed by atoms with E-state index in [2.05, 4.69) is 174 Å². The van der Waals surface area contributed by atoms with Gasteiger partial charge in [0.1, 0.15) is 11.4 Å². The fourth-order valence-corrected chi connectivity index (χ4v) is 12.8. The number of likely N-dealkylation sites (N-methyl/N-ethyl adjacent to an activating group) is 4. The summed E-state index contributed by atoms with van der Waals surface area (Å²) < 4.78 is 60.9. The molecule has 5 aliphatic rings. The van der Waals surface area contributed by atoms with Gasteiger partial charge in [-0.1, -0.05) is 96.1 Å². The third-order valence-electron chi connectivity index (χ3n) is 19.2. The number of nitrogens with zero attached hydrogens (tertiary/aromatic N) is 16. The number of hydrogen-bond donors (Lipinski definition) is 5. The minimum absolute atomic E-state index is 0. The molecule has 5 aliphatic heterocycles. The zero-order chi connectivity index (χ0) is 102. The predicted molar refractivity (Wildman–Crippen MR) is 540 cm³/mol. The average Bonchev–Trinajstić information content (AvgIpc) is 1.65. The molecule has 18 rings (SSSR count). The Morgan fingerprint density at radius 1 is 0.358 bits per heavy atom.